The maximum Gasteiger partial charge on any atom is 0.232 e. The molecule has 1 amide bonds. The van der Waals surface area contributed by atoms with Gasteiger partial charge in [-0.2, -0.15) is 0 Å². The summed E-state index contributed by atoms with van der Waals surface area (Å²) in [7, 11) is 3.46. The normalized spacial score (nSPS) is 12.3. The van der Waals surface area contributed by atoms with E-state index in [2.05, 4.69) is 10.3 Å². The molecule has 6 heteroatoms. The van der Waals surface area contributed by atoms with Crippen molar-refractivity contribution in [3.8, 4) is 0 Å². The molecule has 0 spiro atoms. The van der Waals surface area contributed by atoms with E-state index in [1.807, 2.05) is 14.0 Å². The van der Waals surface area contributed by atoms with E-state index >= 15 is 0 Å². The lowest BCUT2D eigenvalue weighted by Gasteiger charge is -2.10. The van der Waals surface area contributed by atoms with Crippen LogP contribution in [-0.4, -0.2) is 38.9 Å². The van der Waals surface area contributed by atoms with Crippen molar-refractivity contribution in [2.75, 3.05) is 20.8 Å². The SMILES string of the molecule is CN[C@@H](C)CC(COC)=NC=O.Fc1ccccc1F. The van der Waals surface area contributed by atoms with Gasteiger partial charge in [-0.1, -0.05) is 12.1 Å². The zero-order chi connectivity index (χ0) is 15.4. The summed E-state index contributed by atoms with van der Waals surface area (Å²) in [6.07, 6.45) is 1.29. The largest absolute Gasteiger partial charge is 0.379 e. The van der Waals surface area contributed by atoms with Gasteiger partial charge in [-0.05, 0) is 26.1 Å². The molecule has 0 saturated heterocycles. The number of hydrogen-bond acceptors (Lipinski definition) is 3. The third-order valence-corrected chi connectivity index (χ3v) is 2.41. The van der Waals surface area contributed by atoms with E-state index in [1.165, 1.54) is 12.1 Å². The average Bonchev–Trinajstić information content (AvgIpc) is 2.43. The highest BCUT2D eigenvalue weighted by molar-refractivity contribution is 5.91. The molecule has 0 aromatic heterocycles. The summed E-state index contributed by atoms with van der Waals surface area (Å²) in [4.78, 5) is 13.8. The second-order valence-electron chi connectivity index (χ2n) is 4.04. The van der Waals surface area contributed by atoms with Crippen molar-refractivity contribution in [2.24, 2.45) is 4.99 Å². The van der Waals surface area contributed by atoms with Gasteiger partial charge in [-0.15, -0.1) is 0 Å². The standard InChI is InChI=1S/C8H16N2O2.C6H4F2/c1-7(9-2)4-8(5-12-3)10-6-11;7-5-3-1-2-4-6(5)8/h6-7,9H,4-5H2,1-3H3;1-4H/t7-;/m0./s1. The van der Waals surface area contributed by atoms with E-state index in [1.54, 1.807) is 7.11 Å². The van der Waals surface area contributed by atoms with Gasteiger partial charge < -0.3 is 10.1 Å². The van der Waals surface area contributed by atoms with Gasteiger partial charge in [0.05, 0.1) is 6.61 Å². The number of nitrogens with zero attached hydrogens (tertiary/aromatic N) is 1. The zero-order valence-electron chi connectivity index (χ0n) is 11.9. The second-order valence-corrected chi connectivity index (χ2v) is 4.04. The van der Waals surface area contributed by atoms with E-state index in [0.29, 0.717) is 19.1 Å². The van der Waals surface area contributed by atoms with Crippen molar-refractivity contribution in [1.82, 2.24) is 5.32 Å². The third-order valence-electron chi connectivity index (χ3n) is 2.41. The Labute approximate surface area is 117 Å². The van der Waals surface area contributed by atoms with Gasteiger partial charge in [0.25, 0.3) is 0 Å². The highest BCUT2D eigenvalue weighted by atomic mass is 19.2. The summed E-state index contributed by atoms with van der Waals surface area (Å²) in [5, 5.41) is 3.06. The second kappa shape index (κ2) is 11.2. The Balaban J connectivity index is 0.000000388. The van der Waals surface area contributed by atoms with Crippen LogP contribution in [0.4, 0.5) is 8.78 Å². The van der Waals surface area contributed by atoms with Gasteiger partial charge in [-0.3, -0.25) is 4.79 Å². The van der Waals surface area contributed by atoms with Crippen molar-refractivity contribution in [2.45, 2.75) is 19.4 Å². The van der Waals surface area contributed by atoms with Crippen molar-refractivity contribution >= 4 is 12.1 Å². The molecule has 0 radical (unpaired) electrons. The first-order valence-electron chi connectivity index (χ1n) is 6.10. The molecule has 1 aromatic carbocycles. The van der Waals surface area contributed by atoms with Crippen LogP contribution in [0.15, 0.2) is 29.3 Å². The molecule has 0 bridgehead atoms. The maximum atomic E-state index is 11.9. The number of halogens is 2. The van der Waals surface area contributed by atoms with Gasteiger partial charge >= 0.3 is 0 Å². The van der Waals surface area contributed by atoms with Crippen LogP contribution in [0.25, 0.3) is 0 Å². The van der Waals surface area contributed by atoms with Crippen LogP contribution < -0.4 is 5.32 Å². The molecule has 112 valence electrons. The predicted octanol–water partition coefficient (Wildman–Crippen LogP) is 2.19. The van der Waals surface area contributed by atoms with Gasteiger partial charge in [0.2, 0.25) is 6.41 Å². The van der Waals surface area contributed by atoms with Crippen molar-refractivity contribution in [3.05, 3.63) is 35.9 Å². The van der Waals surface area contributed by atoms with Crippen molar-refractivity contribution < 1.29 is 18.3 Å². The Morgan fingerprint density at radius 2 is 1.95 bits per heavy atom. The highest BCUT2D eigenvalue weighted by Gasteiger charge is 2.04. The zero-order valence-corrected chi connectivity index (χ0v) is 11.9. The van der Waals surface area contributed by atoms with Gasteiger partial charge in [-0.25, -0.2) is 13.8 Å². The molecule has 0 unspecified atom stereocenters. The number of aliphatic imine (C=N–C) groups is 1. The van der Waals surface area contributed by atoms with Crippen LogP contribution in [0, 0.1) is 11.6 Å². The van der Waals surface area contributed by atoms with E-state index in [4.69, 9.17) is 4.74 Å². The number of hydrogen-bond donors (Lipinski definition) is 1. The predicted molar refractivity (Wildman–Crippen MR) is 74.9 cm³/mol. The molecule has 1 rings (SSSR count). The Bertz CT molecular complexity index is 404. The lowest BCUT2D eigenvalue weighted by molar-refractivity contribution is -0.106. The topological polar surface area (TPSA) is 50.7 Å². The fourth-order valence-electron chi connectivity index (χ4n) is 1.28. The minimum Gasteiger partial charge on any atom is -0.379 e. The number of ether oxygens (including phenoxy) is 1. The van der Waals surface area contributed by atoms with E-state index in [-0.39, 0.29) is 0 Å². The van der Waals surface area contributed by atoms with Crippen LogP contribution in [0.5, 0.6) is 0 Å². The fraction of sp³-hybridized carbons (Fsp3) is 0.429. The summed E-state index contributed by atoms with van der Waals surface area (Å²) in [5.41, 5.74) is 0.773. The van der Waals surface area contributed by atoms with E-state index < -0.39 is 11.6 Å². The first kappa shape index (κ1) is 18.3. The van der Waals surface area contributed by atoms with Crippen LogP contribution in [0.2, 0.25) is 0 Å². The number of nitrogens with one attached hydrogen (secondary N) is 1. The minimum absolute atomic E-state index is 0.318. The Kier molecular flexibility index (Phi) is 10.3. The molecule has 20 heavy (non-hydrogen) atoms. The number of carbonyl (C=O) groups excluding carboxylic acids is 1. The third kappa shape index (κ3) is 8.44. The first-order valence-corrected chi connectivity index (χ1v) is 6.10. The summed E-state index contributed by atoms with van der Waals surface area (Å²) in [6, 6.07) is 5.36. The summed E-state index contributed by atoms with van der Waals surface area (Å²) in [6.45, 7) is 2.45. The van der Waals surface area contributed by atoms with Gasteiger partial charge in [0, 0.05) is 25.3 Å². The molecule has 0 saturated carbocycles. The molecular formula is C14H20F2N2O2. The summed E-state index contributed by atoms with van der Waals surface area (Å²) < 4.78 is 28.8. The first-order chi connectivity index (χ1) is 9.54. The van der Waals surface area contributed by atoms with Gasteiger partial charge in [0.15, 0.2) is 11.6 Å². The Morgan fingerprint density at radius 3 is 2.30 bits per heavy atom. The Morgan fingerprint density at radius 1 is 1.40 bits per heavy atom. The van der Waals surface area contributed by atoms with Gasteiger partial charge in [0.1, 0.15) is 0 Å². The number of methoxy groups -OCH3 is 1. The molecule has 1 N–H and O–H groups in total. The van der Waals surface area contributed by atoms with E-state index in [0.717, 1.165) is 24.3 Å². The summed E-state index contributed by atoms with van der Waals surface area (Å²) >= 11 is 0. The number of benzene rings is 1. The molecule has 4 nitrogen and oxygen atoms in total. The molecule has 1 atom stereocenters. The molecule has 0 heterocycles. The lowest BCUT2D eigenvalue weighted by atomic mass is 10.1. The highest BCUT2D eigenvalue weighted by Crippen LogP contribution is 2.01. The van der Waals surface area contributed by atoms with E-state index in [9.17, 15) is 13.6 Å². The molecule has 0 fully saturated rings. The quantitative estimate of drug-likeness (QED) is 0.644. The van der Waals surface area contributed by atoms with Crippen LogP contribution in [-0.2, 0) is 9.53 Å². The van der Waals surface area contributed by atoms with Crippen LogP contribution in [0.1, 0.15) is 13.3 Å². The molecule has 0 aliphatic carbocycles. The van der Waals surface area contributed by atoms with Crippen molar-refractivity contribution in [3.63, 3.8) is 0 Å². The number of amides is 1. The monoisotopic (exact) mass is 286 g/mol. The van der Waals surface area contributed by atoms with Crippen LogP contribution >= 0.6 is 0 Å². The number of carbonyl (C=O) groups is 1. The van der Waals surface area contributed by atoms with Crippen LogP contribution in [0.3, 0.4) is 0 Å². The molecule has 0 aliphatic heterocycles. The Hall–Kier alpha value is -1.66. The smallest absolute Gasteiger partial charge is 0.232 e. The molecule has 0 aliphatic rings. The maximum absolute atomic E-state index is 11.9. The summed E-state index contributed by atoms with van der Waals surface area (Å²) in [5.74, 6) is -1.60. The molecular weight excluding hydrogens is 266 g/mol. The van der Waals surface area contributed by atoms with Crippen molar-refractivity contribution in [1.29, 1.82) is 0 Å². The fourth-order valence-corrected chi connectivity index (χ4v) is 1.28. The minimum atomic E-state index is -0.799. The molecule has 1 aromatic rings. The lowest BCUT2D eigenvalue weighted by Crippen LogP contribution is -2.26. The average molecular weight is 286 g/mol. The number of rotatable bonds is 6.